The summed E-state index contributed by atoms with van der Waals surface area (Å²) in [5, 5.41) is 19.4. The Morgan fingerprint density at radius 3 is 2.44 bits per heavy atom. The number of likely N-dealkylation sites (tertiary alicyclic amines) is 1. The Morgan fingerprint density at radius 2 is 1.92 bits per heavy atom. The molecule has 2 aliphatic rings. The van der Waals surface area contributed by atoms with E-state index < -0.39 is 6.09 Å². The molecular formula is C14H15Cl2N7O2. The summed E-state index contributed by atoms with van der Waals surface area (Å²) in [7, 11) is 0. The Labute approximate surface area is 152 Å². The van der Waals surface area contributed by atoms with Gasteiger partial charge in [0.15, 0.2) is 0 Å². The van der Waals surface area contributed by atoms with Crippen LogP contribution in [0.25, 0.3) is 0 Å². The van der Waals surface area contributed by atoms with Crippen molar-refractivity contribution in [2.45, 2.75) is 0 Å². The third-order valence-corrected chi connectivity index (χ3v) is 5.04. The number of nitrogens with one attached hydrogen (secondary N) is 2. The van der Waals surface area contributed by atoms with Crippen LogP contribution in [-0.2, 0) is 0 Å². The van der Waals surface area contributed by atoms with Crippen LogP contribution in [0.4, 0.5) is 28.1 Å². The summed E-state index contributed by atoms with van der Waals surface area (Å²) >= 11 is 12.8. The molecule has 2 fully saturated rings. The number of nitrogen functional groups attached to an aromatic ring is 1. The quantitative estimate of drug-likeness (QED) is 0.640. The highest BCUT2D eigenvalue weighted by atomic mass is 35.5. The molecule has 2 aromatic rings. The third kappa shape index (κ3) is 2.79. The molecule has 0 unspecified atom stereocenters. The Balaban J connectivity index is 1.46. The number of aromatic amines is 1. The predicted octanol–water partition coefficient (Wildman–Crippen LogP) is 2.24. The van der Waals surface area contributed by atoms with Gasteiger partial charge >= 0.3 is 6.09 Å². The normalized spacial score (nSPS) is 18.0. The van der Waals surface area contributed by atoms with Crippen LogP contribution >= 0.6 is 23.2 Å². The van der Waals surface area contributed by atoms with E-state index in [9.17, 15) is 4.79 Å². The number of H-pyrrole nitrogens is 1. The highest BCUT2D eigenvalue weighted by molar-refractivity contribution is 6.39. The molecule has 11 heteroatoms. The first kappa shape index (κ1) is 16.1. The maximum Gasteiger partial charge on any atom is 0.407 e. The molecule has 3 heterocycles. The maximum absolute atomic E-state index is 10.9. The van der Waals surface area contributed by atoms with Gasteiger partial charge in [0, 0.05) is 37.3 Å². The molecule has 1 aromatic carbocycles. The zero-order valence-corrected chi connectivity index (χ0v) is 14.5. The highest BCUT2D eigenvalue weighted by Gasteiger charge is 2.54. The molecule has 25 heavy (non-hydrogen) atoms. The van der Waals surface area contributed by atoms with Crippen LogP contribution in [0.5, 0.6) is 0 Å². The van der Waals surface area contributed by atoms with Crippen LogP contribution in [0.15, 0.2) is 12.1 Å². The van der Waals surface area contributed by atoms with Gasteiger partial charge in [0.1, 0.15) is 0 Å². The number of carboxylic acid groups (broad SMARTS) is 1. The zero-order valence-electron chi connectivity index (χ0n) is 13.0. The van der Waals surface area contributed by atoms with Crippen LogP contribution in [0, 0.1) is 5.41 Å². The fourth-order valence-electron chi connectivity index (χ4n) is 3.42. The van der Waals surface area contributed by atoms with Gasteiger partial charge in [-0.05, 0) is 12.1 Å². The number of nitrogens with two attached hydrogens (primary N) is 1. The lowest BCUT2D eigenvalue weighted by molar-refractivity contribution is -0.00940. The number of benzene rings is 1. The molecule has 132 valence electrons. The monoisotopic (exact) mass is 383 g/mol. The average molecular weight is 384 g/mol. The van der Waals surface area contributed by atoms with Gasteiger partial charge in [-0.25, -0.2) is 9.89 Å². The zero-order chi connectivity index (χ0) is 17.8. The molecule has 0 atom stereocenters. The van der Waals surface area contributed by atoms with Gasteiger partial charge in [-0.2, -0.15) is 4.98 Å². The first-order chi connectivity index (χ1) is 11.8. The Hall–Kier alpha value is -2.39. The fraction of sp³-hybridized carbons (Fsp3) is 0.357. The standard InChI is InChI=1S/C14H15Cl2N7O2/c15-8-1-7(18-12-19-11(17)20-21-12)2-9(16)10(8)22-3-14(4-22)5-23(6-14)13(24)25/h1-2H,3-6H2,(H,24,25)(H4,17,18,19,20,21). The van der Waals surface area contributed by atoms with E-state index in [1.54, 1.807) is 12.1 Å². The van der Waals surface area contributed by atoms with Crippen molar-refractivity contribution in [3.63, 3.8) is 0 Å². The third-order valence-electron chi connectivity index (χ3n) is 4.47. The summed E-state index contributed by atoms with van der Waals surface area (Å²) in [5.41, 5.74) is 6.91. The van der Waals surface area contributed by atoms with E-state index in [4.69, 9.17) is 34.0 Å². The van der Waals surface area contributed by atoms with Crippen LogP contribution in [0.3, 0.4) is 0 Å². The summed E-state index contributed by atoms with van der Waals surface area (Å²) in [6.45, 7) is 2.58. The van der Waals surface area contributed by atoms with E-state index in [1.165, 1.54) is 4.90 Å². The second kappa shape index (κ2) is 5.57. The molecule has 2 saturated heterocycles. The molecule has 2 aliphatic heterocycles. The fourth-order valence-corrected chi connectivity index (χ4v) is 4.15. The van der Waals surface area contributed by atoms with Crippen molar-refractivity contribution >= 4 is 52.6 Å². The predicted molar refractivity (Wildman–Crippen MR) is 94.8 cm³/mol. The summed E-state index contributed by atoms with van der Waals surface area (Å²) in [6, 6.07) is 3.48. The van der Waals surface area contributed by atoms with Crippen LogP contribution < -0.4 is 16.0 Å². The topological polar surface area (TPSA) is 123 Å². The molecule has 1 amide bonds. The molecular weight excluding hydrogens is 369 g/mol. The summed E-state index contributed by atoms with van der Waals surface area (Å²) < 4.78 is 0. The number of amides is 1. The number of halogens is 2. The minimum absolute atomic E-state index is 0.0262. The first-order valence-electron chi connectivity index (χ1n) is 7.52. The Kier molecular flexibility index (Phi) is 3.58. The molecule has 1 aromatic heterocycles. The summed E-state index contributed by atoms with van der Waals surface area (Å²) in [5.74, 6) is 0.529. The van der Waals surface area contributed by atoms with E-state index in [0.717, 1.165) is 18.8 Å². The van der Waals surface area contributed by atoms with Gasteiger partial charge in [0.2, 0.25) is 11.9 Å². The van der Waals surface area contributed by atoms with Crippen molar-refractivity contribution in [1.82, 2.24) is 20.1 Å². The molecule has 5 N–H and O–H groups in total. The van der Waals surface area contributed by atoms with E-state index in [1.807, 2.05) is 0 Å². The molecule has 0 bridgehead atoms. The molecule has 0 aliphatic carbocycles. The number of aromatic nitrogens is 3. The van der Waals surface area contributed by atoms with E-state index in [-0.39, 0.29) is 11.4 Å². The summed E-state index contributed by atoms with van der Waals surface area (Å²) in [6.07, 6.45) is -0.872. The largest absolute Gasteiger partial charge is 0.465 e. The van der Waals surface area contributed by atoms with Gasteiger partial charge in [0.25, 0.3) is 0 Å². The van der Waals surface area contributed by atoms with Crippen molar-refractivity contribution < 1.29 is 9.90 Å². The van der Waals surface area contributed by atoms with Gasteiger partial charge in [-0.1, -0.05) is 23.2 Å². The minimum Gasteiger partial charge on any atom is -0.465 e. The van der Waals surface area contributed by atoms with E-state index in [0.29, 0.717) is 34.8 Å². The van der Waals surface area contributed by atoms with Gasteiger partial charge < -0.3 is 26.0 Å². The SMILES string of the molecule is Nc1nc(Nc2cc(Cl)c(N3CC4(CN(C(=O)O)C4)C3)c(Cl)c2)n[nH]1. The lowest BCUT2D eigenvalue weighted by atomic mass is 9.73. The molecule has 0 saturated carbocycles. The highest BCUT2D eigenvalue weighted by Crippen LogP contribution is 2.47. The number of hydrogen-bond acceptors (Lipinski definition) is 6. The van der Waals surface area contributed by atoms with Gasteiger partial charge in [0.05, 0.1) is 15.7 Å². The number of rotatable bonds is 3. The van der Waals surface area contributed by atoms with Crippen LogP contribution in [-0.4, -0.2) is 57.5 Å². The van der Waals surface area contributed by atoms with Crippen molar-refractivity contribution in [3.05, 3.63) is 22.2 Å². The number of nitrogens with zero attached hydrogens (tertiary/aromatic N) is 4. The van der Waals surface area contributed by atoms with Crippen LogP contribution in [0.2, 0.25) is 10.0 Å². The van der Waals surface area contributed by atoms with Crippen molar-refractivity contribution in [2.24, 2.45) is 5.41 Å². The second-order valence-electron chi connectivity index (χ2n) is 6.45. The minimum atomic E-state index is -0.872. The smallest absolute Gasteiger partial charge is 0.407 e. The van der Waals surface area contributed by atoms with Gasteiger partial charge in [-0.3, -0.25) is 0 Å². The molecule has 9 nitrogen and oxygen atoms in total. The van der Waals surface area contributed by atoms with Crippen molar-refractivity contribution in [2.75, 3.05) is 42.1 Å². The molecule has 0 radical (unpaired) electrons. The lowest BCUT2D eigenvalue weighted by Crippen LogP contribution is -2.73. The second-order valence-corrected chi connectivity index (χ2v) is 7.27. The van der Waals surface area contributed by atoms with E-state index in [2.05, 4.69) is 25.4 Å². The Morgan fingerprint density at radius 1 is 1.28 bits per heavy atom. The molecule has 4 rings (SSSR count). The Bertz CT molecular complexity index is 818. The van der Waals surface area contributed by atoms with Crippen LogP contribution in [0.1, 0.15) is 0 Å². The van der Waals surface area contributed by atoms with Crippen molar-refractivity contribution in [3.8, 4) is 0 Å². The van der Waals surface area contributed by atoms with Crippen molar-refractivity contribution in [1.29, 1.82) is 0 Å². The van der Waals surface area contributed by atoms with E-state index >= 15 is 0 Å². The van der Waals surface area contributed by atoms with Gasteiger partial charge in [-0.15, -0.1) is 5.10 Å². The lowest BCUT2D eigenvalue weighted by Gasteiger charge is -2.60. The molecule has 1 spiro atoms. The number of hydrogen-bond donors (Lipinski definition) is 4. The number of anilines is 4. The average Bonchev–Trinajstić information content (AvgIpc) is 2.83. The number of carbonyl (C=O) groups is 1. The summed E-state index contributed by atoms with van der Waals surface area (Å²) in [4.78, 5) is 18.3. The maximum atomic E-state index is 10.9. The first-order valence-corrected chi connectivity index (χ1v) is 8.28.